The molecular weight excluding hydrogens is 651 g/mol. The van der Waals surface area contributed by atoms with Gasteiger partial charge >= 0.3 is 0 Å². The number of benzene rings is 1. The zero-order valence-corrected chi connectivity index (χ0v) is 25.9. The molecule has 9 heteroatoms. The van der Waals surface area contributed by atoms with Crippen LogP contribution in [0, 0.1) is 21.3 Å². The molecule has 4 atom stereocenters. The number of methoxy groups -OCH3 is 1. The van der Waals surface area contributed by atoms with Gasteiger partial charge in [-0.05, 0) is 107 Å². The van der Waals surface area contributed by atoms with Gasteiger partial charge in [-0.3, -0.25) is 19.5 Å². The van der Waals surface area contributed by atoms with Crippen LogP contribution in [0.2, 0.25) is 0 Å². The summed E-state index contributed by atoms with van der Waals surface area (Å²) >= 11 is 3.67. The molecule has 1 aromatic carbocycles. The Hall–Kier alpha value is -3.02. The molecule has 4 heterocycles. The fourth-order valence-electron chi connectivity index (χ4n) is 6.56. The number of hydrogen-bond donors (Lipinski definition) is 1. The Labute approximate surface area is 257 Å². The molecule has 7 nitrogen and oxygen atoms in total. The van der Waals surface area contributed by atoms with Crippen molar-refractivity contribution in [2.45, 2.75) is 38.8 Å². The van der Waals surface area contributed by atoms with Gasteiger partial charge in [0.1, 0.15) is 0 Å². The molecule has 6 rings (SSSR count). The lowest BCUT2D eigenvalue weighted by atomic mass is 9.70. The number of amides is 2. The number of rotatable bonds is 8. The van der Waals surface area contributed by atoms with Gasteiger partial charge in [-0.2, -0.15) is 0 Å². The number of carbonyl (C=O) groups excluding carboxylic acids is 2. The smallest absolute Gasteiger partial charge is 0.234 e. The molecule has 0 spiro atoms. The summed E-state index contributed by atoms with van der Waals surface area (Å²) in [4.78, 5) is 34.0. The van der Waals surface area contributed by atoms with Crippen LogP contribution in [0.1, 0.15) is 42.3 Å². The van der Waals surface area contributed by atoms with Crippen LogP contribution in [0.15, 0.2) is 65.2 Å². The van der Waals surface area contributed by atoms with Crippen molar-refractivity contribution in [1.82, 2.24) is 9.88 Å². The lowest BCUT2D eigenvalue weighted by Crippen LogP contribution is -2.34. The van der Waals surface area contributed by atoms with Gasteiger partial charge in [0.05, 0.1) is 47.5 Å². The van der Waals surface area contributed by atoms with Crippen LogP contribution in [0.4, 0.5) is 0 Å². The van der Waals surface area contributed by atoms with E-state index in [2.05, 4.69) is 40.6 Å². The first-order chi connectivity index (χ1) is 19.9. The number of halogens is 1. The van der Waals surface area contributed by atoms with Crippen LogP contribution in [-0.2, 0) is 20.9 Å². The van der Waals surface area contributed by atoms with Crippen LogP contribution in [0.25, 0.3) is 11.6 Å². The third kappa shape index (κ3) is 5.35. The molecule has 2 aliphatic heterocycles. The number of likely N-dealkylation sites (tertiary alicyclic amines) is 1. The highest BCUT2D eigenvalue weighted by Gasteiger charge is 2.56. The Balaban J connectivity index is 1.24. The molecule has 3 aromatic rings. The zero-order valence-electron chi connectivity index (χ0n) is 22.9. The summed E-state index contributed by atoms with van der Waals surface area (Å²) in [6.45, 7) is 2.91. The average Bonchev–Trinajstić information content (AvgIpc) is 3.70. The highest BCUT2D eigenvalue weighted by molar-refractivity contribution is 14.1. The normalized spacial score (nSPS) is 24.2. The van der Waals surface area contributed by atoms with Gasteiger partial charge in [-0.25, -0.2) is 0 Å². The number of hydrogen-bond acceptors (Lipinski definition) is 7. The number of nitrogens with zero attached hydrogens (tertiary/aromatic N) is 2. The number of aromatic hydroxyl groups is 1. The Kier molecular flexibility index (Phi) is 8.02. The van der Waals surface area contributed by atoms with Gasteiger partial charge in [-0.15, -0.1) is 11.3 Å². The third-order valence-corrected chi connectivity index (χ3v) is 10.1. The third-order valence-electron chi connectivity index (χ3n) is 8.42. The summed E-state index contributed by atoms with van der Waals surface area (Å²) < 4.78 is 12.4. The lowest BCUT2D eigenvalue weighted by molar-refractivity contribution is -0.140. The van der Waals surface area contributed by atoms with E-state index < -0.39 is 0 Å². The number of fused-ring (bicyclic) bond motifs is 3. The number of ether oxygens (including phenoxy) is 2. The summed E-state index contributed by atoms with van der Waals surface area (Å²) in [5.41, 5.74) is 5.21. The topological polar surface area (TPSA) is 89.0 Å². The van der Waals surface area contributed by atoms with E-state index in [0.717, 1.165) is 28.1 Å². The van der Waals surface area contributed by atoms with E-state index in [1.807, 2.05) is 47.8 Å². The first-order valence-electron chi connectivity index (χ1n) is 13.7. The molecule has 2 amide bonds. The van der Waals surface area contributed by atoms with Crippen LogP contribution < -0.4 is 4.74 Å². The predicted molar refractivity (Wildman–Crippen MR) is 166 cm³/mol. The Morgan fingerprint density at radius 1 is 1.22 bits per heavy atom. The minimum Gasteiger partial charge on any atom is -0.504 e. The van der Waals surface area contributed by atoms with E-state index in [1.165, 1.54) is 16.0 Å². The second-order valence-corrected chi connectivity index (χ2v) is 13.0. The van der Waals surface area contributed by atoms with Gasteiger partial charge in [0.2, 0.25) is 11.8 Å². The summed E-state index contributed by atoms with van der Waals surface area (Å²) in [5.74, 6) is -0.257. The Morgan fingerprint density at radius 2 is 2.07 bits per heavy atom. The number of pyridine rings is 1. The molecule has 1 N–H and O–H groups in total. The van der Waals surface area contributed by atoms with E-state index >= 15 is 0 Å². The maximum atomic E-state index is 13.6. The molecule has 2 saturated heterocycles. The van der Waals surface area contributed by atoms with E-state index in [-0.39, 0.29) is 41.4 Å². The molecule has 41 heavy (non-hydrogen) atoms. The molecule has 1 aliphatic carbocycles. The number of imide groups is 1. The van der Waals surface area contributed by atoms with E-state index in [0.29, 0.717) is 35.3 Å². The fraction of sp³-hybridized carbons (Fsp3) is 0.344. The van der Waals surface area contributed by atoms with E-state index in [9.17, 15) is 14.7 Å². The van der Waals surface area contributed by atoms with Crippen molar-refractivity contribution in [2.24, 2.45) is 17.8 Å². The van der Waals surface area contributed by atoms with Gasteiger partial charge in [0.25, 0.3) is 0 Å². The summed E-state index contributed by atoms with van der Waals surface area (Å²) in [5, 5.41) is 12.3. The molecule has 2 fully saturated rings. The van der Waals surface area contributed by atoms with Crippen molar-refractivity contribution in [3.8, 4) is 11.5 Å². The lowest BCUT2D eigenvalue weighted by Gasteiger charge is -2.30. The number of carbonyl (C=O) groups is 2. The summed E-state index contributed by atoms with van der Waals surface area (Å²) in [6, 6.07) is 13.5. The van der Waals surface area contributed by atoms with Crippen molar-refractivity contribution in [2.75, 3.05) is 13.7 Å². The average molecular weight is 683 g/mol. The van der Waals surface area contributed by atoms with Gasteiger partial charge in [0.15, 0.2) is 11.5 Å². The first-order valence-corrected chi connectivity index (χ1v) is 15.7. The SMILES string of the molecule is COc1cc(/C=C(/CC[C@H]2OC[C@H]3C2=C(C)C[C@H]2C(=O)N(Cc4cccs4)C(=O)[C@H]23)c2ccccn2)cc(I)c1O. The van der Waals surface area contributed by atoms with Crippen molar-refractivity contribution in [3.63, 3.8) is 0 Å². The van der Waals surface area contributed by atoms with Crippen LogP contribution in [0.5, 0.6) is 11.5 Å². The number of phenolic OH excluding ortho intramolecular Hbond substituents is 1. The standard InChI is InChI=1S/C32H31IN2O5S/c1-18-12-22-29(32(38)35(31(22)37)16-21-6-5-11-41-21)23-17-40-26(28(18)23)9-8-20(25-7-3-4-10-34-25)13-19-14-24(33)30(36)27(15-19)39-2/h3-7,10-11,13-15,22-23,26,29,36H,8-9,12,16-17H2,1-2H3/b20-13-/t22-,23+,26-,29-/m1/s1. The molecule has 0 radical (unpaired) electrons. The van der Waals surface area contributed by atoms with E-state index in [4.69, 9.17) is 9.47 Å². The Bertz CT molecular complexity index is 1530. The molecule has 0 bridgehead atoms. The molecule has 0 saturated carbocycles. The van der Waals surface area contributed by atoms with Crippen LogP contribution in [0.3, 0.4) is 0 Å². The predicted octanol–water partition coefficient (Wildman–Crippen LogP) is 6.32. The minimum absolute atomic E-state index is 0.0467. The molecule has 212 valence electrons. The van der Waals surface area contributed by atoms with Crippen LogP contribution in [-0.4, -0.2) is 46.6 Å². The second kappa shape index (κ2) is 11.7. The van der Waals surface area contributed by atoms with Gasteiger partial charge in [-0.1, -0.05) is 17.7 Å². The number of thiophene rings is 1. The zero-order chi connectivity index (χ0) is 28.7. The monoisotopic (exact) mass is 682 g/mol. The molecule has 2 aromatic heterocycles. The largest absolute Gasteiger partial charge is 0.504 e. The maximum Gasteiger partial charge on any atom is 0.234 e. The van der Waals surface area contributed by atoms with Gasteiger partial charge < -0.3 is 14.6 Å². The summed E-state index contributed by atoms with van der Waals surface area (Å²) in [7, 11) is 1.54. The minimum atomic E-state index is -0.344. The fourth-order valence-corrected chi connectivity index (χ4v) is 7.87. The Morgan fingerprint density at radius 3 is 2.80 bits per heavy atom. The number of phenols is 1. The maximum absolute atomic E-state index is 13.6. The molecular formula is C32H31IN2O5S. The van der Waals surface area contributed by atoms with E-state index in [1.54, 1.807) is 24.6 Å². The highest BCUT2D eigenvalue weighted by atomic mass is 127. The van der Waals surface area contributed by atoms with Crippen molar-refractivity contribution in [1.29, 1.82) is 0 Å². The van der Waals surface area contributed by atoms with Crippen molar-refractivity contribution in [3.05, 3.63) is 84.9 Å². The molecule has 3 aliphatic rings. The van der Waals surface area contributed by atoms with Crippen molar-refractivity contribution < 1.29 is 24.2 Å². The quantitative estimate of drug-likeness (QED) is 0.170. The summed E-state index contributed by atoms with van der Waals surface area (Å²) in [6.07, 6.45) is 5.80. The van der Waals surface area contributed by atoms with Crippen LogP contribution >= 0.6 is 33.9 Å². The highest BCUT2D eigenvalue weighted by Crippen LogP contribution is 2.50. The number of aromatic nitrogens is 1. The number of allylic oxidation sites excluding steroid dienone is 2. The molecule has 0 unspecified atom stereocenters. The van der Waals surface area contributed by atoms with Gasteiger partial charge in [0, 0.05) is 17.0 Å². The van der Waals surface area contributed by atoms with Crippen molar-refractivity contribution >= 4 is 57.4 Å². The second-order valence-electron chi connectivity index (χ2n) is 10.8. The first kappa shape index (κ1) is 28.1.